The molecule has 0 aromatic heterocycles. The lowest BCUT2D eigenvalue weighted by atomic mass is 10.0. The molecule has 17 heavy (non-hydrogen) atoms. The summed E-state index contributed by atoms with van der Waals surface area (Å²) in [5.41, 5.74) is 2.56. The van der Waals surface area contributed by atoms with Crippen molar-refractivity contribution >= 4 is 0 Å². The molecule has 0 fully saturated rings. The van der Waals surface area contributed by atoms with Crippen molar-refractivity contribution in [1.29, 1.82) is 0 Å². The molecule has 0 heterocycles. The number of hydrogen-bond donors (Lipinski definition) is 3. The molecule has 2 atom stereocenters. The molecular weight excluding hydrogens is 214 g/mol. The van der Waals surface area contributed by atoms with Crippen LogP contribution in [0.15, 0.2) is 24.3 Å². The van der Waals surface area contributed by atoms with Crippen LogP contribution in [-0.2, 0) is 6.42 Å². The van der Waals surface area contributed by atoms with Gasteiger partial charge in [-0.05, 0) is 24.0 Å². The minimum Gasteiger partial charge on any atom is -0.394 e. The van der Waals surface area contributed by atoms with Gasteiger partial charge >= 0.3 is 0 Å². The van der Waals surface area contributed by atoms with E-state index in [9.17, 15) is 5.11 Å². The molecule has 2 unspecified atom stereocenters. The zero-order valence-corrected chi connectivity index (χ0v) is 10.7. The smallest absolute Gasteiger partial charge is 0.0895 e. The molecular formula is C14H23NO2. The van der Waals surface area contributed by atoms with Crippen LogP contribution >= 0.6 is 0 Å². The van der Waals surface area contributed by atoms with Crippen molar-refractivity contribution in [2.24, 2.45) is 0 Å². The number of benzene rings is 1. The first-order valence-electron chi connectivity index (χ1n) is 6.32. The molecule has 3 heteroatoms. The van der Waals surface area contributed by atoms with Crippen LogP contribution in [0.1, 0.15) is 37.4 Å². The average Bonchev–Trinajstić information content (AvgIpc) is 2.39. The second-order valence-electron chi connectivity index (χ2n) is 4.30. The lowest BCUT2D eigenvalue weighted by Gasteiger charge is -2.19. The Morgan fingerprint density at radius 1 is 1.18 bits per heavy atom. The predicted octanol–water partition coefficient (Wildman–Crippen LogP) is 1.64. The van der Waals surface area contributed by atoms with E-state index < -0.39 is 6.10 Å². The topological polar surface area (TPSA) is 52.5 Å². The first-order chi connectivity index (χ1) is 8.21. The molecule has 96 valence electrons. The summed E-state index contributed by atoms with van der Waals surface area (Å²) in [5.74, 6) is 0. The number of aliphatic hydroxyl groups excluding tert-OH is 2. The van der Waals surface area contributed by atoms with E-state index in [1.54, 1.807) is 0 Å². The van der Waals surface area contributed by atoms with Crippen LogP contribution in [0.2, 0.25) is 0 Å². The van der Waals surface area contributed by atoms with E-state index in [1.807, 2.05) is 0 Å². The molecule has 0 saturated heterocycles. The summed E-state index contributed by atoms with van der Waals surface area (Å²) in [4.78, 5) is 0. The first-order valence-corrected chi connectivity index (χ1v) is 6.32. The molecule has 0 radical (unpaired) electrons. The van der Waals surface area contributed by atoms with Crippen LogP contribution in [0.4, 0.5) is 0 Å². The molecule has 3 nitrogen and oxygen atoms in total. The monoisotopic (exact) mass is 237 g/mol. The van der Waals surface area contributed by atoms with Crippen molar-refractivity contribution in [2.75, 3.05) is 13.2 Å². The number of rotatable bonds is 7. The van der Waals surface area contributed by atoms with Gasteiger partial charge in [0.25, 0.3) is 0 Å². The number of aliphatic hydroxyl groups is 2. The fraction of sp³-hybridized carbons (Fsp3) is 0.571. The van der Waals surface area contributed by atoms with E-state index in [0.717, 1.165) is 12.8 Å². The molecule has 0 aliphatic carbocycles. The summed E-state index contributed by atoms with van der Waals surface area (Å²) in [7, 11) is 0. The number of hydrogen-bond acceptors (Lipinski definition) is 3. The Labute approximate surface area is 103 Å². The fourth-order valence-electron chi connectivity index (χ4n) is 1.83. The first kappa shape index (κ1) is 14.2. The average molecular weight is 237 g/mol. The van der Waals surface area contributed by atoms with Crippen LogP contribution in [0.25, 0.3) is 0 Å². The van der Waals surface area contributed by atoms with Crippen molar-refractivity contribution in [2.45, 2.75) is 38.8 Å². The second-order valence-corrected chi connectivity index (χ2v) is 4.30. The lowest BCUT2D eigenvalue weighted by Crippen LogP contribution is -2.32. The normalized spacial score (nSPS) is 14.6. The summed E-state index contributed by atoms with van der Waals surface area (Å²) >= 11 is 0. The third-order valence-corrected chi connectivity index (χ3v) is 3.01. The number of aryl methyl sites for hydroxylation is 1. The maximum atomic E-state index is 9.32. The standard InChI is InChI=1S/C14H23NO2/c1-3-11-5-7-12(8-6-11)14(4-2)15-9-13(17)10-16/h5-8,13-17H,3-4,9-10H2,1-2H3. The predicted molar refractivity (Wildman–Crippen MR) is 69.9 cm³/mol. The third-order valence-electron chi connectivity index (χ3n) is 3.01. The van der Waals surface area contributed by atoms with Gasteiger partial charge in [0.1, 0.15) is 0 Å². The summed E-state index contributed by atoms with van der Waals surface area (Å²) in [5, 5.41) is 21.4. The summed E-state index contributed by atoms with van der Waals surface area (Å²) in [6.45, 7) is 4.47. The fourth-order valence-corrected chi connectivity index (χ4v) is 1.83. The minimum absolute atomic E-state index is 0.196. The van der Waals surface area contributed by atoms with E-state index in [0.29, 0.717) is 6.54 Å². The Morgan fingerprint density at radius 2 is 1.82 bits per heavy atom. The molecule has 0 bridgehead atoms. The Bertz CT molecular complexity index is 311. The maximum Gasteiger partial charge on any atom is 0.0895 e. The minimum atomic E-state index is -0.682. The summed E-state index contributed by atoms with van der Waals surface area (Å²) in [6, 6.07) is 8.78. The molecule has 3 N–H and O–H groups in total. The van der Waals surface area contributed by atoms with Crippen LogP contribution in [-0.4, -0.2) is 29.5 Å². The van der Waals surface area contributed by atoms with Crippen molar-refractivity contribution in [3.05, 3.63) is 35.4 Å². The highest BCUT2D eigenvalue weighted by Crippen LogP contribution is 2.17. The largest absolute Gasteiger partial charge is 0.394 e. The molecule has 0 amide bonds. The number of nitrogens with one attached hydrogen (secondary N) is 1. The second kappa shape index (κ2) is 7.43. The van der Waals surface area contributed by atoms with Crippen molar-refractivity contribution < 1.29 is 10.2 Å². The molecule has 0 aliphatic rings. The molecule has 1 aromatic rings. The summed E-state index contributed by atoms with van der Waals surface area (Å²) < 4.78 is 0. The van der Waals surface area contributed by atoms with E-state index in [-0.39, 0.29) is 12.6 Å². The zero-order valence-electron chi connectivity index (χ0n) is 10.7. The van der Waals surface area contributed by atoms with E-state index in [2.05, 4.69) is 43.4 Å². The SMILES string of the molecule is CCc1ccc(C(CC)NCC(O)CO)cc1. The Kier molecular flexibility index (Phi) is 6.19. The van der Waals surface area contributed by atoms with Crippen LogP contribution < -0.4 is 5.32 Å². The van der Waals surface area contributed by atoms with Gasteiger partial charge in [-0.15, -0.1) is 0 Å². The van der Waals surface area contributed by atoms with E-state index in [4.69, 9.17) is 5.11 Å². The summed E-state index contributed by atoms with van der Waals surface area (Å²) in [6.07, 6.45) is 1.33. The molecule has 1 aromatic carbocycles. The van der Waals surface area contributed by atoms with Crippen LogP contribution in [0.3, 0.4) is 0 Å². The van der Waals surface area contributed by atoms with Crippen molar-refractivity contribution in [3.63, 3.8) is 0 Å². The van der Waals surface area contributed by atoms with Gasteiger partial charge in [-0.3, -0.25) is 0 Å². The van der Waals surface area contributed by atoms with Gasteiger partial charge in [-0.1, -0.05) is 38.1 Å². The van der Waals surface area contributed by atoms with E-state index in [1.165, 1.54) is 11.1 Å². The highest BCUT2D eigenvalue weighted by molar-refractivity contribution is 5.25. The zero-order chi connectivity index (χ0) is 12.7. The molecule has 0 saturated carbocycles. The molecule has 1 rings (SSSR count). The van der Waals surface area contributed by atoms with Crippen molar-refractivity contribution in [1.82, 2.24) is 5.32 Å². The van der Waals surface area contributed by atoms with Gasteiger partial charge < -0.3 is 15.5 Å². The van der Waals surface area contributed by atoms with Crippen LogP contribution in [0, 0.1) is 0 Å². The van der Waals surface area contributed by atoms with Crippen molar-refractivity contribution in [3.8, 4) is 0 Å². The van der Waals surface area contributed by atoms with Gasteiger partial charge in [0, 0.05) is 12.6 Å². The van der Waals surface area contributed by atoms with E-state index >= 15 is 0 Å². The van der Waals surface area contributed by atoms with Gasteiger partial charge in [0.05, 0.1) is 12.7 Å². The van der Waals surface area contributed by atoms with Gasteiger partial charge in [-0.2, -0.15) is 0 Å². The lowest BCUT2D eigenvalue weighted by molar-refractivity contribution is 0.0917. The highest BCUT2D eigenvalue weighted by atomic mass is 16.3. The molecule has 0 aliphatic heterocycles. The Balaban J connectivity index is 2.59. The van der Waals surface area contributed by atoms with Crippen LogP contribution in [0.5, 0.6) is 0 Å². The maximum absolute atomic E-state index is 9.32. The van der Waals surface area contributed by atoms with Gasteiger partial charge in [-0.25, -0.2) is 0 Å². The van der Waals surface area contributed by atoms with Gasteiger partial charge in [0.15, 0.2) is 0 Å². The van der Waals surface area contributed by atoms with Gasteiger partial charge in [0.2, 0.25) is 0 Å². The quantitative estimate of drug-likeness (QED) is 0.676. The third kappa shape index (κ3) is 4.46. The molecule has 0 spiro atoms. The Morgan fingerprint density at radius 3 is 2.29 bits per heavy atom. The Hall–Kier alpha value is -0.900. The highest BCUT2D eigenvalue weighted by Gasteiger charge is 2.10.